The Morgan fingerprint density at radius 2 is 2.16 bits per heavy atom. The summed E-state index contributed by atoms with van der Waals surface area (Å²) in [7, 11) is 5.86. The van der Waals surface area contributed by atoms with Gasteiger partial charge < -0.3 is 10.6 Å². The van der Waals surface area contributed by atoms with Crippen molar-refractivity contribution in [3.8, 4) is 0 Å². The van der Waals surface area contributed by atoms with Crippen molar-refractivity contribution in [2.75, 3.05) is 13.1 Å². The van der Waals surface area contributed by atoms with Gasteiger partial charge in [0.05, 0.1) is 5.92 Å². The van der Waals surface area contributed by atoms with Crippen LogP contribution < -0.4 is 16.1 Å². The summed E-state index contributed by atoms with van der Waals surface area (Å²) >= 11 is 0. The molecule has 1 aromatic rings. The normalized spacial score (nSPS) is 26.9. The maximum Gasteiger partial charge on any atom is 0.225 e. The van der Waals surface area contributed by atoms with Crippen LogP contribution in [0.15, 0.2) is 24.3 Å². The molecule has 1 saturated carbocycles. The number of carbonyl (C=O) groups excluding carboxylic acids is 1. The molecule has 2 atom stereocenters. The average molecular weight is 254 g/mol. The van der Waals surface area contributed by atoms with Gasteiger partial charge in [-0.25, -0.2) is 0 Å². The molecule has 1 heterocycles. The minimum Gasteiger partial charge on any atom is -0.353 e. The molecule has 0 spiro atoms. The van der Waals surface area contributed by atoms with Crippen molar-refractivity contribution in [3.05, 3.63) is 29.8 Å². The average Bonchev–Trinajstić information content (AvgIpc) is 3.23. The molecular formula is C15H19BN2O. The van der Waals surface area contributed by atoms with E-state index in [-0.39, 0.29) is 17.7 Å². The standard InChI is InChI=1S/C15H19BN2O/c16-11-3-1-2-10(8-11)13-6-7-17-9-14(13)15(19)18-12-4-5-12/h1-3,8,12-14,17H,4-7,9H2,(H,18,19)/t13-,14+/m1/s1. The van der Waals surface area contributed by atoms with Crippen LogP contribution in [0.4, 0.5) is 0 Å². The lowest BCUT2D eigenvalue weighted by atomic mass is 9.79. The van der Waals surface area contributed by atoms with E-state index >= 15 is 0 Å². The molecule has 2 N–H and O–H groups in total. The van der Waals surface area contributed by atoms with Gasteiger partial charge in [-0.1, -0.05) is 29.7 Å². The fraction of sp³-hybridized carbons (Fsp3) is 0.533. The largest absolute Gasteiger partial charge is 0.353 e. The van der Waals surface area contributed by atoms with Gasteiger partial charge in [0.15, 0.2) is 0 Å². The molecule has 19 heavy (non-hydrogen) atoms. The smallest absolute Gasteiger partial charge is 0.225 e. The second-order valence-corrected chi connectivity index (χ2v) is 5.66. The van der Waals surface area contributed by atoms with Crippen LogP contribution in [0.3, 0.4) is 0 Å². The van der Waals surface area contributed by atoms with Crippen LogP contribution in [0.5, 0.6) is 0 Å². The number of benzene rings is 1. The molecule has 98 valence electrons. The lowest BCUT2D eigenvalue weighted by Gasteiger charge is -2.32. The number of rotatable bonds is 3. The van der Waals surface area contributed by atoms with Gasteiger partial charge in [0.25, 0.3) is 0 Å². The lowest BCUT2D eigenvalue weighted by Crippen LogP contribution is -2.45. The summed E-state index contributed by atoms with van der Waals surface area (Å²) in [6.07, 6.45) is 3.26. The third kappa shape index (κ3) is 3.00. The van der Waals surface area contributed by atoms with Gasteiger partial charge in [-0.05, 0) is 37.3 Å². The van der Waals surface area contributed by atoms with Crippen molar-refractivity contribution in [2.24, 2.45) is 5.92 Å². The molecule has 1 amide bonds. The van der Waals surface area contributed by atoms with Gasteiger partial charge in [-0.2, -0.15) is 0 Å². The molecule has 0 unspecified atom stereocenters. The topological polar surface area (TPSA) is 41.1 Å². The van der Waals surface area contributed by atoms with Crippen molar-refractivity contribution in [1.29, 1.82) is 0 Å². The van der Waals surface area contributed by atoms with Crippen LogP contribution in [0.2, 0.25) is 0 Å². The van der Waals surface area contributed by atoms with E-state index in [9.17, 15) is 4.79 Å². The predicted molar refractivity (Wildman–Crippen MR) is 76.7 cm³/mol. The number of hydrogen-bond acceptors (Lipinski definition) is 2. The first-order valence-corrected chi connectivity index (χ1v) is 7.10. The molecule has 1 aromatic carbocycles. The Bertz CT molecular complexity index is 473. The van der Waals surface area contributed by atoms with Gasteiger partial charge in [0.2, 0.25) is 5.91 Å². The monoisotopic (exact) mass is 254 g/mol. The molecule has 2 radical (unpaired) electrons. The molecule has 2 fully saturated rings. The van der Waals surface area contributed by atoms with Crippen LogP contribution in [0.25, 0.3) is 0 Å². The molecule has 0 bridgehead atoms. The molecule has 2 aliphatic rings. The summed E-state index contributed by atoms with van der Waals surface area (Å²) in [6, 6.07) is 8.39. The molecule has 1 saturated heterocycles. The van der Waals surface area contributed by atoms with Gasteiger partial charge in [-0.3, -0.25) is 4.79 Å². The minimum absolute atomic E-state index is 0.0242. The first-order chi connectivity index (χ1) is 9.24. The second-order valence-electron chi connectivity index (χ2n) is 5.66. The van der Waals surface area contributed by atoms with E-state index in [0.29, 0.717) is 6.04 Å². The maximum atomic E-state index is 12.3. The Kier molecular flexibility index (Phi) is 3.60. The Morgan fingerprint density at radius 1 is 1.32 bits per heavy atom. The van der Waals surface area contributed by atoms with Crippen LogP contribution in [0, 0.1) is 5.92 Å². The number of carbonyl (C=O) groups is 1. The fourth-order valence-corrected chi connectivity index (χ4v) is 2.86. The molecule has 0 aromatic heterocycles. The number of piperidine rings is 1. The first kappa shape index (κ1) is 12.7. The predicted octanol–water partition coefficient (Wildman–Crippen LogP) is 0.452. The summed E-state index contributed by atoms with van der Waals surface area (Å²) in [5.41, 5.74) is 1.97. The highest BCUT2D eigenvalue weighted by molar-refractivity contribution is 6.32. The van der Waals surface area contributed by atoms with Crippen molar-refractivity contribution in [3.63, 3.8) is 0 Å². The van der Waals surface area contributed by atoms with Gasteiger partial charge in [0.1, 0.15) is 7.85 Å². The van der Waals surface area contributed by atoms with Crippen molar-refractivity contribution < 1.29 is 4.79 Å². The number of amides is 1. The van der Waals surface area contributed by atoms with E-state index in [0.717, 1.165) is 37.8 Å². The highest BCUT2D eigenvalue weighted by Crippen LogP contribution is 2.31. The van der Waals surface area contributed by atoms with Crippen molar-refractivity contribution in [1.82, 2.24) is 10.6 Å². The van der Waals surface area contributed by atoms with Gasteiger partial charge in [-0.15, -0.1) is 0 Å². The maximum absolute atomic E-state index is 12.3. The Labute approximate surface area is 115 Å². The Morgan fingerprint density at radius 3 is 2.89 bits per heavy atom. The van der Waals surface area contributed by atoms with Crippen LogP contribution in [-0.2, 0) is 4.79 Å². The van der Waals surface area contributed by atoms with E-state index in [1.165, 1.54) is 5.56 Å². The third-order valence-electron chi connectivity index (χ3n) is 4.08. The zero-order valence-corrected chi connectivity index (χ0v) is 11.1. The van der Waals surface area contributed by atoms with Crippen molar-refractivity contribution >= 4 is 19.2 Å². The molecular weight excluding hydrogens is 235 g/mol. The summed E-state index contributed by atoms with van der Waals surface area (Å²) in [5, 5.41) is 6.46. The van der Waals surface area contributed by atoms with E-state index in [2.05, 4.69) is 16.7 Å². The minimum atomic E-state index is 0.0242. The third-order valence-corrected chi connectivity index (χ3v) is 4.08. The summed E-state index contributed by atoms with van der Waals surface area (Å²) < 4.78 is 0. The zero-order valence-electron chi connectivity index (χ0n) is 11.1. The second kappa shape index (κ2) is 5.37. The zero-order chi connectivity index (χ0) is 13.2. The number of nitrogens with one attached hydrogen (secondary N) is 2. The van der Waals surface area contributed by atoms with E-state index in [4.69, 9.17) is 7.85 Å². The molecule has 3 nitrogen and oxygen atoms in total. The van der Waals surface area contributed by atoms with Crippen LogP contribution in [-0.4, -0.2) is 32.9 Å². The highest BCUT2D eigenvalue weighted by atomic mass is 16.2. The highest BCUT2D eigenvalue weighted by Gasteiger charge is 2.34. The molecule has 1 aliphatic carbocycles. The molecule has 1 aliphatic heterocycles. The molecule has 3 rings (SSSR count). The van der Waals surface area contributed by atoms with E-state index in [1.807, 2.05) is 18.2 Å². The van der Waals surface area contributed by atoms with Crippen molar-refractivity contribution in [2.45, 2.75) is 31.2 Å². The SMILES string of the molecule is [B]c1cccc([C@H]2CCNC[C@@H]2C(=O)NC2CC2)c1. The lowest BCUT2D eigenvalue weighted by molar-refractivity contribution is -0.126. The summed E-state index contributed by atoms with van der Waals surface area (Å²) in [4.78, 5) is 12.3. The fourth-order valence-electron chi connectivity index (χ4n) is 2.86. The quantitative estimate of drug-likeness (QED) is 0.769. The van der Waals surface area contributed by atoms with Gasteiger partial charge >= 0.3 is 0 Å². The Balaban J connectivity index is 1.77. The van der Waals surface area contributed by atoms with E-state index < -0.39 is 0 Å². The number of hydrogen-bond donors (Lipinski definition) is 2. The first-order valence-electron chi connectivity index (χ1n) is 7.10. The summed E-state index contributed by atoms with van der Waals surface area (Å²) in [6.45, 7) is 1.73. The molecule has 4 heteroatoms. The van der Waals surface area contributed by atoms with E-state index in [1.54, 1.807) is 0 Å². The van der Waals surface area contributed by atoms with Crippen LogP contribution >= 0.6 is 0 Å². The van der Waals surface area contributed by atoms with Crippen LogP contribution in [0.1, 0.15) is 30.7 Å². The Hall–Kier alpha value is -1.29. The van der Waals surface area contributed by atoms with Gasteiger partial charge in [0, 0.05) is 12.6 Å². The summed E-state index contributed by atoms with van der Waals surface area (Å²) in [5.74, 6) is 0.502.